The Balaban J connectivity index is 2.23. The van der Waals surface area contributed by atoms with Crippen molar-refractivity contribution in [3.8, 4) is 11.8 Å². The van der Waals surface area contributed by atoms with Gasteiger partial charge in [0.25, 0.3) is 0 Å². The first kappa shape index (κ1) is 8.49. The number of nitrogens with two attached hydrogens (primary N) is 1. The van der Waals surface area contributed by atoms with Crippen LogP contribution in [0.25, 0.3) is 0 Å². The van der Waals surface area contributed by atoms with Gasteiger partial charge in [0.05, 0.1) is 0 Å². The fourth-order valence-electron chi connectivity index (χ4n) is 0.991. The van der Waals surface area contributed by atoms with Gasteiger partial charge in [0, 0.05) is 18.8 Å². The number of nitrogens with zero attached hydrogens (tertiary/aromatic N) is 4. The third-order valence-corrected chi connectivity index (χ3v) is 1.65. The van der Waals surface area contributed by atoms with Crippen LogP contribution < -0.4 is 10.5 Å². The molecule has 6 nitrogen and oxygen atoms in total. The Labute approximate surface area is 80.3 Å². The summed E-state index contributed by atoms with van der Waals surface area (Å²) in [6.45, 7) is 0. The molecule has 1 heterocycles. The third-order valence-electron chi connectivity index (χ3n) is 1.65. The smallest absolute Gasteiger partial charge is 0.340 e. The zero-order valence-electron chi connectivity index (χ0n) is 7.58. The summed E-state index contributed by atoms with van der Waals surface area (Å²) in [6, 6.07) is 7.39. The number of ether oxygens (including phenoxy) is 1. The molecule has 2 aromatic rings. The van der Waals surface area contributed by atoms with E-state index in [0.717, 1.165) is 0 Å². The Kier molecular flexibility index (Phi) is 2.02. The second-order valence-electron chi connectivity index (χ2n) is 2.76. The van der Waals surface area contributed by atoms with Crippen molar-refractivity contribution in [3.05, 3.63) is 24.3 Å². The molecule has 72 valence electrons. The summed E-state index contributed by atoms with van der Waals surface area (Å²) in [5, 5.41) is 10.8. The molecule has 14 heavy (non-hydrogen) atoms. The maximum atomic E-state index is 5.59. The predicted molar refractivity (Wildman–Crippen MR) is 49.7 cm³/mol. The highest BCUT2D eigenvalue weighted by Gasteiger charge is 2.04. The summed E-state index contributed by atoms with van der Waals surface area (Å²) < 4.78 is 6.81. The van der Waals surface area contributed by atoms with Gasteiger partial charge >= 0.3 is 6.01 Å². The minimum Gasteiger partial charge on any atom is -0.423 e. The van der Waals surface area contributed by atoms with E-state index in [-0.39, 0.29) is 0 Å². The lowest BCUT2D eigenvalue weighted by Crippen LogP contribution is -1.96. The quantitative estimate of drug-likeness (QED) is 0.702. The van der Waals surface area contributed by atoms with Gasteiger partial charge in [-0.25, -0.2) is 0 Å². The lowest BCUT2D eigenvalue weighted by Gasteiger charge is -2.02. The second-order valence-corrected chi connectivity index (χ2v) is 2.76. The van der Waals surface area contributed by atoms with Crippen LogP contribution in [0.1, 0.15) is 0 Å². The fraction of sp³-hybridized carbons (Fsp3) is 0.125. The lowest BCUT2D eigenvalue weighted by molar-refractivity contribution is 0.415. The van der Waals surface area contributed by atoms with Crippen molar-refractivity contribution in [2.75, 3.05) is 5.73 Å². The van der Waals surface area contributed by atoms with Gasteiger partial charge in [-0.1, -0.05) is 11.2 Å². The van der Waals surface area contributed by atoms with E-state index in [0.29, 0.717) is 17.4 Å². The minimum atomic E-state index is 0.329. The normalized spacial score (nSPS) is 10.1. The molecule has 6 heteroatoms. The zero-order chi connectivity index (χ0) is 9.97. The second kappa shape index (κ2) is 3.33. The van der Waals surface area contributed by atoms with Crippen LogP contribution in [0, 0.1) is 0 Å². The number of benzene rings is 1. The molecular formula is C8H9N5O. The molecule has 2 rings (SSSR count). The first-order valence-electron chi connectivity index (χ1n) is 4.01. The third kappa shape index (κ3) is 1.63. The summed E-state index contributed by atoms with van der Waals surface area (Å²) in [5.74, 6) is 0.614. The molecule has 0 aliphatic rings. The van der Waals surface area contributed by atoms with Crippen LogP contribution in [-0.4, -0.2) is 20.2 Å². The zero-order valence-corrected chi connectivity index (χ0v) is 7.58. The molecule has 1 aromatic carbocycles. The maximum Gasteiger partial charge on any atom is 0.340 e. The summed E-state index contributed by atoms with van der Waals surface area (Å²) in [7, 11) is 1.70. The molecule has 2 N–H and O–H groups in total. The number of anilines is 1. The first-order chi connectivity index (χ1) is 6.75. The van der Waals surface area contributed by atoms with E-state index in [1.807, 2.05) is 0 Å². The number of aromatic nitrogens is 4. The van der Waals surface area contributed by atoms with E-state index in [2.05, 4.69) is 15.5 Å². The minimum absolute atomic E-state index is 0.329. The number of rotatable bonds is 2. The van der Waals surface area contributed by atoms with Crippen LogP contribution in [0.3, 0.4) is 0 Å². The Bertz CT molecular complexity index is 439. The van der Waals surface area contributed by atoms with Crippen molar-refractivity contribution in [3.63, 3.8) is 0 Å². The van der Waals surface area contributed by atoms with E-state index < -0.39 is 0 Å². The molecule has 0 saturated heterocycles. The molecule has 1 aromatic heterocycles. The van der Waals surface area contributed by atoms with Gasteiger partial charge < -0.3 is 10.5 Å². The van der Waals surface area contributed by atoms with Gasteiger partial charge in [0.1, 0.15) is 5.75 Å². The van der Waals surface area contributed by atoms with Gasteiger partial charge in [-0.15, -0.1) is 0 Å². The van der Waals surface area contributed by atoms with E-state index in [1.54, 1.807) is 31.3 Å². The SMILES string of the molecule is Cn1nnnc1Oc1cccc(N)c1. The molecule has 0 fully saturated rings. The summed E-state index contributed by atoms with van der Waals surface area (Å²) in [4.78, 5) is 0. The van der Waals surface area contributed by atoms with Gasteiger partial charge in [0.2, 0.25) is 0 Å². The van der Waals surface area contributed by atoms with E-state index in [1.165, 1.54) is 4.68 Å². The Morgan fingerprint density at radius 1 is 1.43 bits per heavy atom. The molecule has 0 radical (unpaired) electrons. The number of hydrogen-bond acceptors (Lipinski definition) is 5. The van der Waals surface area contributed by atoms with Crippen molar-refractivity contribution >= 4 is 5.69 Å². The number of hydrogen-bond donors (Lipinski definition) is 1. The Hall–Kier alpha value is -2.11. The summed E-state index contributed by atoms with van der Waals surface area (Å²) in [5.41, 5.74) is 6.22. The fourth-order valence-corrected chi connectivity index (χ4v) is 0.991. The van der Waals surface area contributed by atoms with Crippen molar-refractivity contribution in [1.82, 2.24) is 20.2 Å². The monoisotopic (exact) mass is 191 g/mol. The number of nitrogen functional groups attached to an aromatic ring is 1. The Morgan fingerprint density at radius 2 is 2.29 bits per heavy atom. The van der Waals surface area contributed by atoms with Crippen LogP contribution >= 0.6 is 0 Å². The molecule has 0 atom stereocenters. The van der Waals surface area contributed by atoms with Crippen LogP contribution in [0.4, 0.5) is 5.69 Å². The lowest BCUT2D eigenvalue weighted by atomic mass is 10.3. The average Bonchev–Trinajstić information content (AvgIpc) is 2.52. The van der Waals surface area contributed by atoms with Crippen molar-refractivity contribution in [1.29, 1.82) is 0 Å². The van der Waals surface area contributed by atoms with Gasteiger partial charge in [-0.05, 0) is 22.6 Å². The van der Waals surface area contributed by atoms with Crippen LogP contribution in [0.2, 0.25) is 0 Å². The summed E-state index contributed by atoms with van der Waals surface area (Å²) >= 11 is 0. The average molecular weight is 191 g/mol. The molecule has 0 spiro atoms. The van der Waals surface area contributed by atoms with Crippen LogP contribution in [0.5, 0.6) is 11.8 Å². The number of aryl methyl sites for hydroxylation is 1. The Morgan fingerprint density at radius 3 is 2.93 bits per heavy atom. The topological polar surface area (TPSA) is 78.8 Å². The van der Waals surface area contributed by atoms with Gasteiger partial charge in [-0.2, -0.15) is 4.68 Å². The molecule has 0 bridgehead atoms. The largest absolute Gasteiger partial charge is 0.423 e. The highest BCUT2D eigenvalue weighted by Crippen LogP contribution is 2.19. The summed E-state index contributed by atoms with van der Waals surface area (Å²) in [6.07, 6.45) is 0. The molecule has 0 aliphatic carbocycles. The number of tetrazole rings is 1. The molecule has 0 saturated carbocycles. The predicted octanol–water partition coefficient (Wildman–Crippen LogP) is 0.585. The van der Waals surface area contributed by atoms with Crippen LogP contribution in [-0.2, 0) is 7.05 Å². The highest BCUT2D eigenvalue weighted by atomic mass is 16.5. The van der Waals surface area contributed by atoms with E-state index in [9.17, 15) is 0 Å². The standard InChI is InChI=1S/C8H9N5O/c1-13-8(10-11-12-13)14-7-4-2-3-6(9)5-7/h2-5H,9H2,1H3. The highest BCUT2D eigenvalue weighted by molar-refractivity contribution is 5.44. The van der Waals surface area contributed by atoms with Crippen molar-refractivity contribution in [2.45, 2.75) is 0 Å². The van der Waals surface area contributed by atoms with E-state index >= 15 is 0 Å². The van der Waals surface area contributed by atoms with Crippen LogP contribution in [0.15, 0.2) is 24.3 Å². The molecule has 0 unspecified atom stereocenters. The van der Waals surface area contributed by atoms with Gasteiger partial charge in [0.15, 0.2) is 0 Å². The van der Waals surface area contributed by atoms with Gasteiger partial charge in [-0.3, -0.25) is 0 Å². The molecular weight excluding hydrogens is 182 g/mol. The first-order valence-corrected chi connectivity index (χ1v) is 4.01. The maximum absolute atomic E-state index is 5.59. The molecule has 0 amide bonds. The van der Waals surface area contributed by atoms with Crippen molar-refractivity contribution in [2.24, 2.45) is 7.05 Å². The molecule has 0 aliphatic heterocycles. The van der Waals surface area contributed by atoms with Crippen molar-refractivity contribution < 1.29 is 4.74 Å². The van der Waals surface area contributed by atoms with E-state index in [4.69, 9.17) is 10.5 Å².